The summed E-state index contributed by atoms with van der Waals surface area (Å²) >= 11 is 0. The summed E-state index contributed by atoms with van der Waals surface area (Å²) in [5.41, 5.74) is 11.2. The van der Waals surface area contributed by atoms with Crippen molar-refractivity contribution in [1.29, 1.82) is 0 Å². The fourth-order valence-electron chi connectivity index (χ4n) is 6.54. The van der Waals surface area contributed by atoms with Crippen molar-refractivity contribution in [2.24, 2.45) is 17.6 Å². The van der Waals surface area contributed by atoms with Crippen LogP contribution < -0.4 is 26.8 Å². The molecule has 1 aliphatic carbocycles. The molecule has 1 aliphatic rings. The van der Waals surface area contributed by atoms with E-state index in [1.54, 1.807) is 36.4 Å². The molecule has 0 radical (unpaired) electrons. The van der Waals surface area contributed by atoms with Crippen molar-refractivity contribution in [3.63, 3.8) is 0 Å². The van der Waals surface area contributed by atoms with Gasteiger partial charge in [-0.2, -0.15) is 0 Å². The molecule has 4 aromatic carbocycles. The van der Waals surface area contributed by atoms with E-state index in [-0.39, 0.29) is 47.8 Å². The first-order chi connectivity index (χ1) is 24.1. The Hall–Kier alpha value is -4.75. The predicted molar refractivity (Wildman–Crippen MR) is 202 cm³/mol. The van der Waals surface area contributed by atoms with Gasteiger partial charge in [-0.1, -0.05) is 60.7 Å². The number of hydrogen-bond acceptors (Lipinski definition) is 6. The molecule has 0 unspecified atom stereocenters. The highest BCUT2D eigenvalue weighted by atomic mass is 35.5. The normalized spacial score (nSPS) is 16.6. The molecule has 1 atom stereocenters. The third-order valence-corrected chi connectivity index (χ3v) is 10.9. The van der Waals surface area contributed by atoms with Gasteiger partial charge in [0.1, 0.15) is 6.04 Å². The van der Waals surface area contributed by atoms with Crippen molar-refractivity contribution < 1.29 is 18.0 Å². The number of nitrogens with two attached hydrogens (primary N) is 1. The molecule has 0 aliphatic heterocycles. The Kier molecular flexibility index (Phi) is 12.1. The lowest BCUT2D eigenvalue weighted by Crippen LogP contribution is -2.48. The van der Waals surface area contributed by atoms with Crippen molar-refractivity contribution in [3.05, 3.63) is 118 Å². The molecular formula is C38H43ClN6O5S. The van der Waals surface area contributed by atoms with E-state index in [4.69, 9.17) is 5.73 Å². The lowest BCUT2D eigenvalue weighted by Gasteiger charge is -2.28. The zero-order valence-corrected chi connectivity index (χ0v) is 29.9. The number of halogens is 1. The van der Waals surface area contributed by atoms with Gasteiger partial charge in [-0.25, -0.2) is 17.9 Å². The van der Waals surface area contributed by atoms with Crippen molar-refractivity contribution >= 4 is 51.0 Å². The molecular weight excluding hydrogens is 688 g/mol. The lowest BCUT2D eigenvalue weighted by atomic mass is 9.81. The number of H-pyrrole nitrogens is 2. The molecule has 268 valence electrons. The summed E-state index contributed by atoms with van der Waals surface area (Å²) < 4.78 is 29.2. The molecule has 7 N–H and O–H groups in total. The van der Waals surface area contributed by atoms with E-state index in [9.17, 15) is 22.8 Å². The van der Waals surface area contributed by atoms with Crippen LogP contribution in [0.1, 0.15) is 42.4 Å². The summed E-state index contributed by atoms with van der Waals surface area (Å²) in [6, 6.07) is 26.1. The number of rotatable bonds is 12. The number of amides is 2. The van der Waals surface area contributed by atoms with Crippen molar-refractivity contribution in [2.75, 3.05) is 11.9 Å². The average molecular weight is 731 g/mol. The van der Waals surface area contributed by atoms with Gasteiger partial charge in [-0.05, 0) is 103 Å². The van der Waals surface area contributed by atoms with Crippen LogP contribution in [0, 0.1) is 18.8 Å². The summed E-state index contributed by atoms with van der Waals surface area (Å²) in [4.78, 5) is 44.6. The number of aromatic nitrogens is 2. The Morgan fingerprint density at radius 3 is 2.33 bits per heavy atom. The minimum absolute atomic E-state index is 0. The molecule has 1 aromatic heterocycles. The van der Waals surface area contributed by atoms with Crippen molar-refractivity contribution in [2.45, 2.75) is 56.5 Å². The van der Waals surface area contributed by atoms with Gasteiger partial charge in [0, 0.05) is 24.6 Å². The van der Waals surface area contributed by atoms with Crippen LogP contribution in [0.2, 0.25) is 0 Å². The third kappa shape index (κ3) is 9.33. The molecule has 6 rings (SSSR count). The molecule has 2 amide bonds. The molecule has 1 saturated carbocycles. The lowest BCUT2D eigenvalue weighted by molar-refractivity contribution is -0.130. The zero-order chi connectivity index (χ0) is 35.3. The predicted octanol–water partition coefficient (Wildman–Crippen LogP) is 5.16. The minimum atomic E-state index is -3.80. The molecule has 51 heavy (non-hydrogen) atoms. The van der Waals surface area contributed by atoms with Crippen LogP contribution in [0.3, 0.4) is 0 Å². The number of aromatic amines is 2. The first-order valence-electron chi connectivity index (χ1n) is 16.8. The van der Waals surface area contributed by atoms with Crippen LogP contribution in [-0.4, -0.2) is 42.8 Å². The SMILES string of the molecule is Cc1ccc(S(=O)(=O)NCc2ccccc2)cc1-c1cccc(C[C@H](NC(=O)[C@H]2CC[C@H](CN)CC2)C(=O)Nc2ccc3[nH]c(=O)[nH]c3c2)c1.Cl. The highest BCUT2D eigenvalue weighted by Gasteiger charge is 2.29. The smallest absolute Gasteiger partial charge is 0.323 e. The Morgan fingerprint density at radius 1 is 0.863 bits per heavy atom. The second-order valence-corrected chi connectivity index (χ2v) is 14.8. The van der Waals surface area contributed by atoms with E-state index in [2.05, 4.69) is 25.3 Å². The summed E-state index contributed by atoms with van der Waals surface area (Å²) in [5.74, 6) is -0.361. The number of sulfonamides is 1. The first-order valence-corrected chi connectivity index (χ1v) is 18.3. The minimum Gasteiger partial charge on any atom is -0.344 e. The van der Waals surface area contributed by atoms with E-state index in [1.165, 1.54) is 0 Å². The van der Waals surface area contributed by atoms with E-state index in [0.717, 1.165) is 40.7 Å². The van der Waals surface area contributed by atoms with Crippen LogP contribution in [0.15, 0.2) is 101 Å². The van der Waals surface area contributed by atoms with Gasteiger partial charge in [0.15, 0.2) is 0 Å². The number of benzene rings is 4. The highest BCUT2D eigenvalue weighted by Crippen LogP contribution is 2.30. The van der Waals surface area contributed by atoms with Crippen molar-refractivity contribution in [3.8, 4) is 11.1 Å². The number of imidazole rings is 1. The molecule has 0 saturated heterocycles. The van der Waals surface area contributed by atoms with Gasteiger partial charge in [0.05, 0.1) is 15.9 Å². The monoisotopic (exact) mass is 730 g/mol. The van der Waals surface area contributed by atoms with Gasteiger partial charge in [0.25, 0.3) is 0 Å². The van der Waals surface area contributed by atoms with E-state index in [1.807, 2.05) is 61.5 Å². The second kappa shape index (κ2) is 16.5. The maximum absolute atomic E-state index is 13.8. The van der Waals surface area contributed by atoms with Crippen LogP contribution in [0.25, 0.3) is 22.2 Å². The maximum atomic E-state index is 13.8. The van der Waals surface area contributed by atoms with E-state index >= 15 is 0 Å². The number of nitrogens with one attached hydrogen (secondary N) is 5. The molecule has 11 nitrogen and oxygen atoms in total. The molecule has 0 bridgehead atoms. The molecule has 0 spiro atoms. The van der Waals surface area contributed by atoms with Gasteiger partial charge < -0.3 is 26.3 Å². The summed E-state index contributed by atoms with van der Waals surface area (Å²) in [6.07, 6.45) is 3.38. The molecule has 1 heterocycles. The topological polar surface area (TPSA) is 179 Å². The molecule has 1 fully saturated rings. The fraction of sp³-hybridized carbons (Fsp3) is 0.289. The molecule has 5 aromatic rings. The average Bonchev–Trinajstić information content (AvgIpc) is 3.50. The Morgan fingerprint density at radius 2 is 1.59 bits per heavy atom. The zero-order valence-electron chi connectivity index (χ0n) is 28.3. The largest absolute Gasteiger partial charge is 0.344 e. The third-order valence-electron chi connectivity index (χ3n) is 9.47. The fourth-order valence-corrected chi connectivity index (χ4v) is 7.58. The molecule has 13 heteroatoms. The van der Waals surface area contributed by atoms with E-state index < -0.39 is 22.0 Å². The van der Waals surface area contributed by atoms with Crippen LogP contribution in [0.4, 0.5) is 5.69 Å². The van der Waals surface area contributed by atoms with Gasteiger partial charge in [-0.15, -0.1) is 12.4 Å². The maximum Gasteiger partial charge on any atom is 0.323 e. The highest BCUT2D eigenvalue weighted by molar-refractivity contribution is 7.89. The number of carbonyl (C=O) groups excluding carboxylic acids is 2. The number of anilines is 1. The van der Waals surface area contributed by atoms with Gasteiger partial charge in [-0.3, -0.25) is 9.59 Å². The van der Waals surface area contributed by atoms with Crippen LogP contribution >= 0.6 is 12.4 Å². The Bertz CT molecular complexity index is 2160. The van der Waals surface area contributed by atoms with Gasteiger partial charge in [0.2, 0.25) is 21.8 Å². The van der Waals surface area contributed by atoms with E-state index in [0.29, 0.717) is 42.0 Å². The van der Waals surface area contributed by atoms with Crippen LogP contribution in [-0.2, 0) is 32.6 Å². The second-order valence-electron chi connectivity index (χ2n) is 13.0. The Labute approximate surface area is 303 Å². The van der Waals surface area contributed by atoms with Crippen LogP contribution in [0.5, 0.6) is 0 Å². The number of hydrogen-bond donors (Lipinski definition) is 6. The summed E-state index contributed by atoms with van der Waals surface area (Å²) in [5, 5.41) is 5.93. The van der Waals surface area contributed by atoms with Crippen molar-refractivity contribution in [1.82, 2.24) is 20.0 Å². The Balaban J connectivity index is 0.00000504. The van der Waals surface area contributed by atoms with Gasteiger partial charge >= 0.3 is 5.69 Å². The standard InChI is InChI=1S/C38H42N6O5S.ClH/c1-24-10-16-31(50(48,49)40-23-26-6-3-2-4-7-26)21-32(24)29-9-5-8-27(18-29)19-35(42-36(45)28-13-11-25(22-39)12-14-28)37(46)41-30-15-17-33-34(20-30)44-38(47)43-33;/h2-10,15-18,20-21,25,28,35,40H,11-14,19,22-23,39H2,1H3,(H,41,46)(H,42,45)(H2,43,44,47);1H/t25-,28-,35-;/m0./s1. The summed E-state index contributed by atoms with van der Waals surface area (Å²) in [6.45, 7) is 2.69. The quantitative estimate of drug-likeness (QED) is 0.103. The number of fused-ring (bicyclic) bond motifs is 1. The first kappa shape index (κ1) is 37.5. The number of carbonyl (C=O) groups is 2. The summed E-state index contributed by atoms with van der Waals surface area (Å²) in [7, 11) is -3.80. The number of aryl methyl sites for hydroxylation is 1.